The Labute approximate surface area is 173 Å². The molecule has 0 aliphatic rings. The lowest BCUT2D eigenvalue weighted by molar-refractivity contribution is -0.109. The first-order chi connectivity index (χ1) is 13.7. The molecule has 0 saturated carbocycles. The van der Waals surface area contributed by atoms with Gasteiger partial charge in [0.25, 0.3) is 0 Å². The lowest BCUT2D eigenvalue weighted by atomic mass is 10.0. The van der Waals surface area contributed by atoms with Gasteiger partial charge >= 0.3 is 5.92 Å². The molecule has 160 valence electrons. The number of alkyl halides is 2. The summed E-state index contributed by atoms with van der Waals surface area (Å²) in [6.45, 7) is 5.27. The minimum absolute atomic E-state index is 0.104. The maximum Gasteiger partial charge on any atom is 0.308 e. The van der Waals surface area contributed by atoms with E-state index >= 15 is 8.78 Å². The number of aromatic nitrogens is 1. The van der Waals surface area contributed by atoms with Crippen molar-refractivity contribution in [2.24, 2.45) is 0 Å². The molecular weight excluding hydrogens is 398 g/mol. The summed E-state index contributed by atoms with van der Waals surface area (Å²) in [5.41, 5.74) is 0.495. The molecule has 1 N–H and O–H groups in total. The van der Waals surface area contributed by atoms with Crippen molar-refractivity contribution in [3.63, 3.8) is 0 Å². The number of pyridine rings is 1. The molecule has 1 aromatic heterocycles. The van der Waals surface area contributed by atoms with Crippen LogP contribution in [-0.2, 0) is 33.0 Å². The van der Waals surface area contributed by atoms with Gasteiger partial charge in [-0.15, -0.1) is 0 Å². The molecule has 0 fully saturated rings. The Bertz CT molecular complexity index is 771. The molecule has 2 aromatic rings. The third kappa shape index (κ3) is 6.64. The molecule has 0 aliphatic heterocycles. The molecule has 0 spiro atoms. The number of hydrogen-bond donors (Lipinski definition) is 1. The molecule has 3 atom stereocenters. The van der Waals surface area contributed by atoms with Gasteiger partial charge < -0.3 is 9.47 Å². The van der Waals surface area contributed by atoms with Crippen LogP contribution in [0.1, 0.15) is 32.0 Å². The van der Waals surface area contributed by atoms with Crippen LogP contribution >= 0.6 is 0 Å². The van der Waals surface area contributed by atoms with Gasteiger partial charge in [0.1, 0.15) is 17.8 Å². The first kappa shape index (κ1) is 23.5. The Kier molecular flexibility index (Phi) is 8.39. The number of halogens is 2. The number of hydrogen-bond acceptors (Lipinski definition) is 4. The van der Waals surface area contributed by atoms with Gasteiger partial charge in [-0.1, -0.05) is 36.4 Å². The van der Waals surface area contributed by atoms with Gasteiger partial charge in [-0.3, -0.25) is 4.98 Å². The van der Waals surface area contributed by atoms with Crippen LogP contribution in [0.5, 0.6) is 0 Å². The Morgan fingerprint density at radius 1 is 1.10 bits per heavy atom. The average Bonchev–Trinajstić information content (AvgIpc) is 2.70. The number of nitrogens with one attached hydrogen (secondary N) is 1. The summed E-state index contributed by atoms with van der Waals surface area (Å²) < 4.78 is 56.2. The van der Waals surface area contributed by atoms with Crippen molar-refractivity contribution in [1.29, 1.82) is 0 Å². The lowest BCUT2D eigenvalue weighted by Gasteiger charge is -2.34. The van der Waals surface area contributed by atoms with E-state index in [2.05, 4.69) is 9.71 Å². The van der Waals surface area contributed by atoms with E-state index < -0.39 is 39.5 Å². The second-order valence-corrected chi connectivity index (χ2v) is 9.59. The van der Waals surface area contributed by atoms with Crippen LogP contribution in [0, 0.1) is 0 Å². The predicted octanol–water partition coefficient (Wildman–Crippen LogP) is 3.83. The minimum Gasteiger partial charge on any atom is -0.377 e. The molecular formula is C21H28F2N2O3S. The molecule has 0 saturated heterocycles. The summed E-state index contributed by atoms with van der Waals surface area (Å²) in [6, 6.07) is 12.1. The van der Waals surface area contributed by atoms with Crippen LogP contribution in [-0.4, -0.2) is 39.8 Å². The van der Waals surface area contributed by atoms with Crippen molar-refractivity contribution in [2.45, 2.75) is 50.2 Å². The van der Waals surface area contributed by atoms with Crippen molar-refractivity contribution in [3.05, 3.63) is 66.0 Å². The molecule has 1 heterocycles. The molecule has 0 amide bonds. The van der Waals surface area contributed by atoms with Crippen LogP contribution in [0.25, 0.3) is 0 Å². The third-order valence-electron chi connectivity index (χ3n) is 4.26. The second kappa shape index (κ2) is 10.3. The van der Waals surface area contributed by atoms with E-state index in [1.165, 1.54) is 25.4 Å². The normalized spacial score (nSPS) is 15.7. The zero-order chi connectivity index (χ0) is 21.5. The molecule has 1 aromatic carbocycles. The van der Waals surface area contributed by atoms with E-state index in [-0.39, 0.29) is 13.2 Å². The van der Waals surface area contributed by atoms with E-state index in [9.17, 15) is 4.21 Å². The minimum atomic E-state index is -3.43. The Hall–Kier alpha value is -1.74. The zero-order valence-electron chi connectivity index (χ0n) is 17.1. The van der Waals surface area contributed by atoms with E-state index in [4.69, 9.17) is 9.47 Å². The molecule has 8 heteroatoms. The van der Waals surface area contributed by atoms with Crippen molar-refractivity contribution in [2.75, 3.05) is 13.7 Å². The van der Waals surface area contributed by atoms with Gasteiger partial charge in [-0.05, 0) is 38.5 Å². The van der Waals surface area contributed by atoms with Crippen molar-refractivity contribution < 1.29 is 22.5 Å². The van der Waals surface area contributed by atoms with Gasteiger partial charge in [-0.25, -0.2) is 8.93 Å². The van der Waals surface area contributed by atoms with Crippen molar-refractivity contribution in [3.8, 4) is 0 Å². The van der Waals surface area contributed by atoms with Crippen LogP contribution < -0.4 is 4.72 Å². The summed E-state index contributed by atoms with van der Waals surface area (Å²) in [7, 11) is -0.412. The van der Waals surface area contributed by atoms with Crippen molar-refractivity contribution >= 4 is 11.0 Å². The highest BCUT2D eigenvalue weighted by Gasteiger charge is 2.49. The van der Waals surface area contributed by atoms with Gasteiger partial charge in [0, 0.05) is 13.3 Å². The molecule has 2 rings (SSSR count). The third-order valence-corrected chi connectivity index (χ3v) is 5.84. The molecule has 0 radical (unpaired) electrons. The van der Waals surface area contributed by atoms with Gasteiger partial charge in [-0.2, -0.15) is 8.78 Å². The topological polar surface area (TPSA) is 60.5 Å². The fourth-order valence-electron chi connectivity index (χ4n) is 2.56. The summed E-state index contributed by atoms with van der Waals surface area (Å²) in [6.07, 6.45) is 0.247. The fraction of sp³-hybridized carbons (Fsp3) is 0.476. The number of benzene rings is 1. The first-order valence-corrected chi connectivity index (χ1v) is 10.4. The highest BCUT2D eigenvalue weighted by molar-refractivity contribution is 7.84. The predicted molar refractivity (Wildman–Crippen MR) is 110 cm³/mol. The smallest absolute Gasteiger partial charge is 0.308 e. The molecule has 0 unspecified atom stereocenters. The Balaban J connectivity index is 2.22. The van der Waals surface area contributed by atoms with E-state index in [0.717, 1.165) is 5.56 Å². The molecule has 0 aliphatic carbocycles. The molecule has 0 bridgehead atoms. The van der Waals surface area contributed by atoms with Crippen LogP contribution in [0.15, 0.2) is 54.7 Å². The quantitative estimate of drug-likeness (QED) is 0.627. The molecule has 5 nitrogen and oxygen atoms in total. The van der Waals surface area contributed by atoms with E-state index in [1.807, 2.05) is 30.3 Å². The second-order valence-electron chi connectivity index (χ2n) is 7.59. The van der Waals surface area contributed by atoms with E-state index in [1.54, 1.807) is 26.8 Å². The zero-order valence-corrected chi connectivity index (χ0v) is 17.9. The number of methoxy groups -OCH3 is 1. The van der Waals surface area contributed by atoms with Crippen LogP contribution in [0.4, 0.5) is 8.78 Å². The summed E-state index contributed by atoms with van der Waals surface area (Å²) in [5, 5.41) is 0. The average molecular weight is 427 g/mol. The highest BCUT2D eigenvalue weighted by atomic mass is 32.2. The summed E-state index contributed by atoms with van der Waals surface area (Å²) in [5.74, 6) is -3.43. The Morgan fingerprint density at radius 3 is 2.31 bits per heavy atom. The summed E-state index contributed by atoms with van der Waals surface area (Å²) in [4.78, 5) is 3.80. The molecule has 29 heavy (non-hydrogen) atoms. The van der Waals surface area contributed by atoms with Gasteiger partial charge in [0.15, 0.2) is 0 Å². The SMILES string of the molecule is CO[C@H](COCc1ccccc1)[C@H](N[S@](=O)C(C)(C)C)C(F)(F)c1ccccn1. The maximum atomic E-state index is 15.4. The standard InChI is InChI=1S/C21H28F2N2O3S/c1-20(2,3)29(26)25-19(21(22,23)18-12-8-9-13-24-18)17(27-4)15-28-14-16-10-6-5-7-11-16/h5-13,17,19,25H,14-15H2,1-4H3/t17-,19+,29-/m1/s1. The largest absolute Gasteiger partial charge is 0.377 e. The highest BCUT2D eigenvalue weighted by Crippen LogP contribution is 2.33. The van der Waals surface area contributed by atoms with Gasteiger partial charge in [0.05, 0.1) is 28.9 Å². The van der Waals surface area contributed by atoms with E-state index in [0.29, 0.717) is 0 Å². The Morgan fingerprint density at radius 2 is 1.76 bits per heavy atom. The fourth-order valence-corrected chi connectivity index (χ4v) is 3.45. The van der Waals surface area contributed by atoms with Crippen molar-refractivity contribution in [1.82, 2.24) is 9.71 Å². The maximum absolute atomic E-state index is 15.4. The number of nitrogens with zero attached hydrogens (tertiary/aromatic N) is 1. The van der Waals surface area contributed by atoms with Crippen LogP contribution in [0.2, 0.25) is 0 Å². The number of rotatable bonds is 10. The van der Waals surface area contributed by atoms with Crippen LogP contribution in [0.3, 0.4) is 0 Å². The summed E-state index contributed by atoms with van der Waals surface area (Å²) >= 11 is 0. The lowest BCUT2D eigenvalue weighted by Crippen LogP contribution is -2.56. The number of ether oxygens (including phenoxy) is 2. The monoisotopic (exact) mass is 426 g/mol. The van der Waals surface area contributed by atoms with Gasteiger partial charge in [0.2, 0.25) is 0 Å². The first-order valence-electron chi connectivity index (χ1n) is 9.28.